The third-order valence-electron chi connectivity index (χ3n) is 4.44. The van der Waals surface area contributed by atoms with Gasteiger partial charge in [0.2, 0.25) is 0 Å². The Hall–Kier alpha value is -0.770. The summed E-state index contributed by atoms with van der Waals surface area (Å²) in [6.07, 6.45) is 2.20. The molecule has 2 atom stereocenters. The highest BCUT2D eigenvalue weighted by Crippen LogP contribution is 2.35. The number of ether oxygens (including phenoxy) is 1. The van der Waals surface area contributed by atoms with E-state index in [1.807, 2.05) is 12.1 Å². The summed E-state index contributed by atoms with van der Waals surface area (Å²) < 4.78 is 5.77. The maximum absolute atomic E-state index is 6.21. The van der Waals surface area contributed by atoms with Crippen LogP contribution in [0.15, 0.2) is 12.1 Å². The number of hydrogen-bond donors (Lipinski definition) is 1. The van der Waals surface area contributed by atoms with Crippen LogP contribution in [0, 0.1) is 5.92 Å². The second-order valence-corrected chi connectivity index (χ2v) is 6.13. The lowest BCUT2D eigenvalue weighted by Crippen LogP contribution is -2.37. The Morgan fingerprint density at radius 3 is 3.11 bits per heavy atom. The van der Waals surface area contributed by atoms with Gasteiger partial charge in [-0.3, -0.25) is 4.90 Å². The summed E-state index contributed by atoms with van der Waals surface area (Å²) in [7, 11) is 0. The highest BCUT2D eigenvalue weighted by atomic mass is 35.5. The SMILES string of the molecule is CC1CCN(Cc2cc(Cl)cc3c2OCC3)C1CN. The minimum absolute atomic E-state index is 0.482. The van der Waals surface area contributed by atoms with Gasteiger partial charge in [-0.1, -0.05) is 18.5 Å². The fourth-order valence-electron chi connectivity index (χ4n) is 3.35. The van der Waals surface area contributed by atoms with Gasteiger partial charge in [0.1, 0.15) is 5.75 Å². The standard InChI is InChI=1S/C15H21ClN2O/c1-10-2-4-18(14(10)8-17)9-12-7-13(16)6-11-3-5-19-15(11)12/h6-7,10,14H,2-5,8-9,17H2,1H3. The van der Waals surface area contributed by atoms with Gasteiger partial charge in [-0.15, -0.1) is 0 Å². The monoisotopic (exact) mass is 280 g/mol. The van der Waals surface area contributed by atoms with Crippen LogP contribution in [0.5, 0.6) is 5.75 Å². The smallest absolute Gasteiger partial charge is 0.127 e. The Kier molecular flexibility index (Phi) is 3.70. The van der Waals surface area contributed by atoms with Gasteiger partial charge in [0.05, 0.1) is 6.61 Å². The van der Waals surface area contributed by atoms with Crippen LogP contribution >= 0.6 is 11.6 Å². The summed E-state index contributed by atoms with van der Waals surface area (Å²) in [6.45, 7) is 5.81. The topological polar surface area (TPSA) is 38.5 Å². The van der Waals surface area contributed by atoms with E-state index in [-0.39, 0.29) is 0 Å². The molecule has 0 amide bonds. The Morgan fingerprint density at radius 2 is 2.32 bits per heavy atom. The molecule has 1 aromatic rings. The van der Waals surface area contributed by atoms with Gasteiger partial charge < -0.3 is 10.5 Å². The van der Waals surface area contributed by atoms with E-state index in [1.165, 1.54) is 17.5 Å². The van der Waals surface area contributed by atoms with Crippen molar-refractivity contribution < 1.29 is 4.74 Å². The molecule has 2 aliphatic rings. The third-order valence-corrected chi connectivity index (χ3v) is 4.66. The van der Waals surface area contributed by atoms with Crippen LogP contribution in [0.1, 0.15) is 24.5 Å². The van der Waals surface area contributed by atoms with Crippen molar-refractivity contribution in [2.24, 2.45) is 11.7 Å². The minimum Gasteiger partial charge on any atom is -0.493 e. The van der Waals surface area contributed by atoms with E-state index in [9.17, 15) is 0 Å². The van der Waals surface area contributed by atoms with Crippen LogP contribution < -0.4 is 10.5 Å². The molecule has 2 N–H and O–H groups in total. The summed E-state index contributed by atoms with van der Waals surface area (Å²) >= 11 is 6.21. The molecule has 3 nitrogen and oxygen atoms in total. The molecule has 0 aliphatic carbocycles. The summed E-state index contributed by atoms with van der Waals surface area (Å²) in [6, 6.07) is 4.55. The lowest BCUT2D eigenvalue weighted by atomic mass is 10.0. The molecule has 0 aromatic heterocycles. The molecule has 1 fully saturated rings. The van der Waals surface area contributed by atoms with E-state index in [2.05, 4.69) is 11.8 Å². The number of halogens is 1. The zero-order valence-electron chi connectivity index (χ0n) is 11.4. The van der Waals surface area contributed by atoms with Crippen molar-refractivity contribution in [1.82, 2.24) is 4.90 Å². The number of hydrogen-bond acceptors (Lipinski definition) is 3. The summed E-state index contributed by atoms with van der Waals surface area (Å²) in [4.78, 5) is 2.47. The summed E-state index contributed by atoms with van der Waals surface area (Å²) in [5.74, 6) is 1.73. The van der Waals surface area contributed by atoms with Crippen molar-refractivity contribution in [3.05, 3.63) is 28.3 Å². The molecule has 2 aliphatic heterocycles. The Morgan fingerprint density at radius 1 is 1.47 bits per heavy atom. The lowest BCUT2D eigenvalue weighted by Gasteiger charge is -2.26. The van der Waals surface area contributed by atoms with Crippen molar-refractivity contribution in [3.63, 3.8) is 0 Å². The predicted octanol–water partition coefficient (Wildman–Crippen LogP) is 2.44. The molecular formula is C15H21ClN2O. The van der Waals surface area contributed by atoms with E-state index in [0.29, 0.717) is 12.0 Å². The molecule has 4 heteroatoms. The number of rotatable bonds is 3. The number of fused-ring (bicyclic) bond motifs is 1. The first kappa shape index (κ1) is 13.2. The molecule has 2 unspecified atom stereocenters. The first-order chi connectivity index (χ1) is 9.19. The Labute approximate surface area is 119 Å². The Balaban J connectivity index is 1.84. The van der Waals surface area contributed by atoms with Gasteiger partial charge >= 0.3 is 0 Å². The number of likely N-dealkylation sites (tertiary alicyclic amines) is 1. The average Bonchev–Trinajstić information content (AvgIpc) is 2.96. The number of benzene rings is 1. The van der Waals surface area contributed by atoms with Crippen LogP contribution in [0.25, 0.3) is 0 Å². The van der Waals surface area contributed by atoms with Gasteiger partial charge in [-0.2, -0.15) is 0 Å². The van der Waals surface area contributed by atoms with Crippen LogP contribution in [0.4, 0.5) is 0 Å². The van der Waals surface area contributed by atoms with E-state index < -0.39 is 0 Å². The maximum Gasteiger partial charge on any atom is 0.127 e. The van der Waals surface area contributed by atoms with Crippen LogP contribution in [-0.4, -0.2) is 30.6 Å². The van der Waals surface area contributed by atoms with Crippen LogP contribution in [0.3, 0.4) is 0 Å². The summed E-state index contributed by atoms with van der Waals surface area (Å²) in [5.41, 5.74) is 8.38. The molecule has 3 rings (SSSR count). The largest absolute Gasteiger partial charge is 0.493 e. The molecule has 0 saturated carbocycles. The van der Waals surface area contributed by atoms with E-state index in [4.69, 9.17) is 22.1 Å². The number of nitrogens with two attached hydrogens (primary N) is 1. The molecular weight excluding hydrogens is 260 g/mol. The molecule has 1 aromatic carbocycles. The van der Waals surface area contributed by atoms with Gasteiger partial charge in [0.25, 0.3) is 0 Å². The van der Waals surface area contributed by atoms with E-state index in [1.54, 1.807) is 0 Å². The molecule has 0 spiro atoms. The van der Waals surface area contributed by atoms with Crippen LogP contribution in [-0.2, 0) is 13.0 Å². The maximum atomic E-state index is 6.21. The molecule has 0 radical (unpaired) electrons. The van der Waals surface area contributed by atoms with Gasteiger partial charge in [0.15, 0.2) is 0 Å². The number of nitrogens with zero attached hydrogens (tertiary/aromatic N) is 1. The molecule has 19 heavy (non-hydrogen) atoms. The normalized spacial score (nSPS) is 26.5. The third kappa shape index (κ3) is 2.47. The molecule has 1 saturated heterocycles. The van der Waals surface area contributed by atoms with Crippen molar-refractivity contribution in [2.45, 2.75) is 32.4 Å². The first-order valence-electron chi connectivity index (χ1n) is 7.07. The second kappa shape index (κ2) is 5.31. The molecule has 0 bridgehead atoms. The first-order valence-corrected chi connectivity index (χ1v) is 7.45. The van der Waals surface area contributed by atoms with Gasteiger partial charge in [-0.25, -0.2) is 0 Å². The van der Waals surface area contributed by atoms with E-state index in [0.717, 1.165) is 43.4 Å². The quantitative estimate of drug-likeness (QED) is 0.924. The van der Waals surface area contributed by atoms with Crippen molar-refractivity contribution >= 4 is 11.6 Å². The highest BCUT2D eigenvalue weighted by molar-refractivity contribution is 6.30. The zero-order chi connectivity index (χ0) is 13.4. The highest BCUT2D eigenvalue weighted by Gasteiger charge is 2.31. The fraction of sp³-hybridized carbons (Fsp3) is 0.600. The van der Waals surface area contributed by atoms with Gasteiger partial charge in [0, 0.05) is 36.1 Å². The van der Waals surface area contributed by atoms with Crippen molar-refractivity contribution in [2.75, 3.05) is 19.7 Å². The summed E-state index contributed by atoms with van der Waals surface area (Å²) in [5, 5.41) is 0.816. The van der Waals surface area contributed by atoms with Crippen LogP contribution in [0.2, 0.25) is 5.02 Å². The van der Waals surface area contributed by atoms with Gasteiger partial charge in [-0.05, 0) is 36.6 Å². The zero-order valence-corrected chi connectivity index (χ0v) is 12.1. The Bertz CT molecular complexity index is 477. The second-order valence-electron chi connectivity index (χ2n) is 5.69. The minimum atomic E-state index is 0.482. The lowest BCUT2D eigenvalue weighted by molar-refractivity contribution is 0.224. The molecule has 2 heterocycles. The predicted molar refractivity (Wildman–Crippen MR) is 77.7 cm³/mol. The average molecular weight is 281 g/mol. The van der Waals surface area contributed by atoms with E-state index >= 15 is 0 Å². The van der Waals surface area contributed by atoms with Crippen molar-refractivity contribution in [1.29, 1.82) is 0 Å². The molecule has 104 valence electrons. The van der Waals surface area contributed by atoms with Crippen molar-refractivity contribution in [3.8, 4) is 5.75 Å². The fourth-order valence-corrected chi connectivity index (χ4v) is 3.61.